The number of hydrogen-bond donors (Lipinski definition) is 1. The molecule has 7 heteroatoms. The third-order valence-corrected chi connectivity index (χ3v) is 7.64. The van der Waals surface area contributed by atoms with Crippen molar-refractivity contribution >= 4 is 20.9 Å². The van der Waals surface area contributed by atoms with Crippen LogP contribution in [0, 0.1) is 11.3 Å². The van der Waals surface area contributed by atoms with Crippen molar-refractivity contribution in [1.82, 2.24) is 14.9 Å². The summed E-state index contributed by atoms with van der Waals surface area (Å²) in [4.78, 5) is 5.25. The molecule has 0 saturated heterocycles. The summed E-state index contributed by atoms with van der Waals surface area (Å²) in [7, 11) is -1.23. The Bertz CT molecular complexity index is 1470. The first kappa shape index (κ1) is 21.4. The Morgan fingerprint density at radius 2 is 1.58 bits per heavy atom. The van der Waals surface area contributed by atoms with Crippen LogP contribution >= 0.6 is 0 Å². The highest BCUT2D eigenvalue weighted by Crippen LogP contribution is 2.36. The molecule has 4 aromatic rings. The summed E-state index contributed by atoms with van der Waals surface area (Å²) in [5.41, 5.74) is 5.31. The van der Waals surface area contributed by atoms with Gasteiger partial charge in [-0.25, -0.2) is 13.4 Å². The van der Waals surface area contributed by atoms with Crippen LogP contribution in [0.2, 0.25) is 0 Å². The van der Waals surface area contributed by atoms with Crippen molar-refractivity contribution in [3.05, 3.63) is 72.4 Å². The monoisotopic (exact) mass is 456 g/mol. The largest absolute Gasteiger partial charge is 0.328 e. The first-order valence-electron chi connectivity index (χ1n) is 10.9. The van der Waals surface area contributed by atoms with Gasteiger partial charge in [0.15, 0.2) is 9.84 Å². The molecule has 33 heavy (non-hydrogen) atoms. The molecular weight excluding hydrogens is 432 g/mol. The van der Waals surface area contributed by atoms with Crippen LogP contribution in [-0.2, 0) is 9.84 Å². The number of hydrogen-bond acceptors (Lipinski definition) is 5. The maximum absolute atomic E-state index is 11.7. The van der Waals surface area contributed by atoms with Gasteiger partial charge >= 0.3 is 0 Å². The number of sulfone groups is 1. The van der Waals surface area contributed by atoms with E-state index in [2.05, 4.69) is 16.0 Å². The summed E-state index contributed by atoms with van der Waals surface area (Å²) in [5, 5.41) is 13.8. The predicted octanol–water partition coefficient (Wildman–Crippen LogP) is 4.57. The van der Waals surface area contributed by atoms with E-state index < -0.39 is 9.84 Å². The predicted molar refractivity (Wildman–Crippen MR) is 130 cm³/mol. The zero-order valence-electron chi connectivity index (χ0n) is 18.5. The van der Waals surface area contributed by atoms with E-state index in [1.54, 1.807) is 12.1 Å². The topological polar surface area (TPSA) is 87.8 Å². The number of fused-ring (bicyclic) bond motifs is 1. The molecule has 0 spiro atoms. The summed E-state index contributed by atoms with van der Waals surface area (Å²) >= 11 is 0. The van der Waals surface area contributed by atoms with Crippen molar-refractivity contribution in [3.8, 4) is 28.5 Å². The van der Waals surface area contributed by atoms with Gasteiger partial charge in [-0.05, 0) is 55.3 Å². The summed E-state index contributed by atoms with van der Waals surface area (Å²) in [6.45, 7) is 0. The fourth-order valence-corrected chi connectivity index (χ4v) is 5.06. The lowest BCUT2D eigenvalue weighted by Gasteiger charge is -2.36. The van der Waals surface area contributed by atoms with Gasteiger partial charge in [0.25, 0.3) is 0 Å². The first-order chi connectivity index (χ1) is 15.9. The molecule has 1 aliphatic rings. The Balaban J connectivity index is 1.46. The minimum Gasteiger partial charge on any atom is -0.328 e. The lowest BCUT2D eigenvalue weighted by molar-refractivity contribution is 0.240. The Hall–Kier alpha value is -3.47. The SMILES string of the molecule is CN[C@H]1C[C@H](n2cc(C#N)c3ccc(-c4ccc(-c5ccc(S(C)(=O)=O)cc5)cc4)nc32)C1. The fourth-order valence-electron chi connectivity index (χ4n) is 4.43. The van der Waals surface area contributed by atoms with Crippen molar-refractivity contribution in [2.75, 3.05) is 13.3 Å². The molecule has 2 aromatic heterocycles. The number of benzene rings is 2. The lowest BCUT2D eigenvalue weighted by atomic mass is 9.87. The van der Waals surface area contributed by atoms with Crippen LogP contribution in [0.3, 0.4) is 0 Å². The van der Waals surface area contributed by atoms with Crippen molar-refractivity contribution in [2.24, 2.45) is 0 Å². The Labute approximate surface area is 193 Å². The maximum atomic E-state index is 11.7. The van der Waals surface area contributed by atoms with Crippen LogP contribution in [0.25, 0.3) is 33.4 Å². The van der Waals surface area contributed by atoms with Crippen LogP contribution in [0.4, 0.5) is 0 Å². The molecule has 0 unspecified atom stereocenters. The van der Waals surface area contributed by atoms with Crippen molar-refractivity contribution in [3.63, 3.8) is 0 Å². The summed E-state index contributed by atoms with van der Waals surface area (Å²) in [6.07, 6.45) is 5.20. The van der Waals surface area contributed by atoms with Crippen LogP contribution in [-0.4, -0.2) is 37.3 Å². The first-order valence-corrected chi connectivity index (χ1v) is 12.8. The molecule has 2 aromatic carbocycles. The standard InChI is InChI=1S/C26H24N4O2S/c1-28-21-13-22(14-21)30-16-20(15-27)24-11-12-25(29-26(24)30)19-5-3-17(4-6-19)18-7-9-23(10-8-18)33(2,31)32/h3-12,16,21-22,28H,13-14H2,1-2H3/t21-,22-. The molecule has 0 atom stereocenters. The zero-order valence-corrected chi connectivity index (χ0v) is 19.3. The fraction of sp³-hybridized carbons (Fsp3) is 0.231. The third-order valence-electron chi connectivity index (χ3n) is 6.51. The minimum absolute atomic E-state index is 0.313. The average molecular weight is 457 g/mol. The molecule has 0 radical (unpaired) electrons. The van der Waals surface area contributed by atoms with Crippen molar-refractivity contribution < 1.29 is 8.42 Å². The minimum atomic E-state index is -3.21. The molecule has 0 aliphatic heterocycles. The molecule has 1 fully saturated rings. The highest BCUT2D eigenvalue weighted by molar-refractivity contribution is 7.90. The van der Waals surface area contributed by atoms with Gasteiger partial charge in [0.2, 0.25) is 0 Å². The normalized spacial score (nSPS) is 18.1. The van der Waals surface area contributed by atoms with Crippen LogP contribution < -0.4 is 5.32 Å². The number of pyridine rings is 1. The van der Waals surface area contributed by atoms with E-state index in [1.807, 2.05) is 61.8 Å². The van der Waals surface area contributed by atoms with Crippen LogP contribution in [0.15, 0.2) is 71.8 Å². The molecule has 1 N–H and O–H groups in total. The van der Waals surface area contributed by atoms with Gasteiger partial charge in [-0.2, -0.15) is 5.26 Å². The van der Waals surface area contributed by atoms with Crippen molar-refractivity contribution in [2.45, 2.75) is 29.8 Å². The number of nitriles is 1. The highest BCUT2D eigenvalue weighted by atomic mass is 32.2. The lowest BCUT2D eigenvalue weighted by Crippen LogP contribution is -2.40. The van der Waals surface area contributed by atoms with Gasteiger partial charge in [-0.15, -0.1) is 0 Å². The van der Waals surface area contributed by atoms with E-state index in [1.165, 1.54) is 6.26 Å². The van der Waals surface area contributed by atoms with E-state index >= 15 is 0 Å². The molecule has 6 nitrogen and oxygen atoms in total. The Morgan fingerprint density at radius 3 is 2.15 bits per heavy atom. The molecule has 2 heterocycles. The summed E-state index contributed by atoms with van der Waals surface area (Å²) in [6, 6.07) is 22.1. The number of aromatic nitrogens is 2. The number of nitrogens with zero attached hydrogens (tertiary/aromatic N) is 3. The molecule has 1 aliphatic carbocycles. The summed E-state index contributed by atoms with van der Waals surface area (Å²) < 4.78 is 25.5. The Kier molecular flexibility index (Phi) is 5.28. The van der Waals surface area contributed by atoms with Gasteiger partial charge < -0.3 is 9.88 Å². The third kappa shape index (κ3) is 3.92. The van der Waals surface area contributed by atoms with Gasteiger partial charge in [0.05, 0.1) is 16.2 Å². The van der Waals surface area contributed by atoms with Gasteiger partial charge in [0.1, 0.15) is 11.7 Å². The highest BCUT2D eigenvalue weighted by Gasteiger charge is 2.31. The molecule has 5 rings (SSSR count). The molecular formula is C26H24N4O2S. The van der Waals surface area contributed by atoms with E-state index in [9.17, 15) is 13.7 Å². The van der Waals surface area contributed by atoms with Gasteiger partial charge in [-0.3, -0.25) is 0 Å². The maximum Gasteiger partial charge on any atom is 0.175 e. The second-order valence-electron chi connectivity index (χ2n) is 8.61. The quantitative estimate of drug-likeness (QED) is 0.475. The number of rotatable bonds is 5. The second kappa shape index (κ2) is 8.14. The van der Waals surface area contributed by atoms with E-state index in [-0.39, 0.29) is 0 Å². The molecule has 0 amide bonds. The molecule has 166 valence electrons. The van der Waals surface area contributed by atoms with Crippen LogP contribution in [0.1, 0.15) is 24.4 Å². The molecule has 0 bridgehead atoms. The van der Waals surface area contributed by atoms with Gasteiger partial charge in [0, 0.05) is 35.5 Å². The number of nitrogens with one attached hydrogen (secondary N) is 1. The smallest absolute Gasteiger partial charge is 0.175 e. The van der Waals surface area contributed by atoms with E-state index in [0.29, 0.717) is 22.5 Å². The Morgan fingerprint density at radius 1 is 0.970 bits per heavy atom. The van der Waals surface area contributed by atoms with E-state index in [4.69, 9.17) is 4.98 Å². The van der Waals surface area contributed by atoms with E-state index in [0.717, 1.165) is 46.3 Å². The summed E-state index contributed by atoms with van der Waals surface area (Å²) in [5.74, 6) is 0. The van der Waals surface area contributed by atoms with Crippen molar-refractivity contribution in [1.29, 1.82) is 5.26 Å². The van der Waals surface area contributed by atoms with Crippen LogP contribution in [0.5, 0.6) is 0 Å². The zero-order chi connectivity index (χ0) is 23.2. The van der Waals surface area contributed by atoms with Gasteiger partial charge in [-0.1, -0.05) is 36.4 Å². The molecule has 1 saturated carbocycles. The average Bonchev–Trinajstić information content (AvgIpc) is 3.16. The second-order valence-corrected chi connectivity index (χ2v) is 10.6.